The van der Waals surface area contributed by atoms with Crippen molar-refractivity contribution in [1.29, 1.82) is 0 Å². The first kappa shape index (κ1) is 21.5. The molecule has 0 aliphatic heterocycles. The van der Waals surface area contributed by atoms with Crippen LogP contribution in [0, 0.1) is 0 Å². The van der Waals surface area contributed by atoms with Crippen LogP contribution in [-0.2, 0) is 6.42 Å². The summed E-state index contributed by atoms with van der Waals surface area (Å²) in [6.45, 7) is 10.2. The van der Waals surface area contributed by atoms with Crippen LogP contribution in [0.25, 0.3) is 0 Å². The number of aryl methyl sites for hydroxylation is 1. The summed E-state index contributed by atoms with van der Waals surface area (Å²) in [7, 11) is -3.47. The Balaban J connectivity index is 1.91. The van der Waals surface area contributed by atoms with Gasteiger partial charge in [0.1, 0.15) is 16.1 Å². The van der Waals surface area contributed by atoms with Crippen molar-refractivity contribution in [3.05, 3.63) is 107 Å². The van der Waals surface area contributed by atoms with Crippen molar-refractivity contribution in [1.82, 2.24) is 0 Å². The summed E-state index contributed by atoms with van der Waals surface area (Å²) in [6.07, 6.45) is 6.18. The Labute approximate surface area is 179 Å². The maximum atomic E-state index is 2.64. The monoisotopic (exact) mass is 414 g/mol. The molecule has 3 aromatic carbocycles. The fourth-order valence-electron chi connectivity index (χ4n) is 4.51. The third-order valence-corrected chi connectivity index (χ3v) is 16.6. The summed E-state index contributed by atoms with van der Waals surface area (Å²) in [4.78, 5) is 1.77. The zero-order chi connectivity index (χ0) is 20.7. The first-order valence-electron chi connectivity index (χ1n) is 10.8. The molecule has 29 heavy (non-hydrogen) atoms. The van der Waals surface area contributed by atoms with Crippen LogP contribution in [0.4, 0.5) is 0 Å². The molecule has 0 unspecified atom stereocenters. The molecular weight excluding hydrogens is 380 g/mol. The molecule has 0 spiro atoms. The van der Waals surface area contributed by atoms with E-state index in [9.17, 15) is 0 Å². The largest absolute Gasteiger partial charge is 0.103 e. The van der Waals surface area contributed by atoms with Gasteiger partial charge in [0, 0.05) is 0 Å². The second-order valence-electron chi connectivity index (χ2n) is 8.98. The molecule has 0 heterocycles. The van der Waals surface area contributed by atoms with E-state index in [1.54, 1.807) is 15.2 Å². The maximum Gasteiger partial charge on any atom is 0.103 e. The molecule has 0 aliphatic rings. The lowest BCUT2D eigenvalue weighted by Crippen LogP contribution is -2.57. The van der Waals surface area contributed by atoms with E-state index in [1.165, 1.54) is 12.0 Å². The number of allylic oxidation sites excluding steroid dienone is 1. The molecular formula is C27H34Si2. The fourth-order valence-corrected chi connectivity index (χ4v) is 15.6. The zero-order valence-corrected chi connectivity index (χ0v) is 20.4. The van der Waals surface area contributed by atoms with E-state index in [0.717, 1.165) is 12.8 Å². The van der Waals surface area contributed by atoms with E-state index in [4.69, 9.17) is 0 Å². The molecule has 150 valence electrons. The summed E-state index contributed by atoms with van der Waals surface area (Å²) in [6, 6.07) is 33.4. The van der Waals surface area contributed by atoms with Gasteiger partial charge in [0.2, 0.25) is 0 Å². The second-order valence-corrected chi connectivity index (χ2v) is 18.2. The molecule has 0 N–H and O–H groups in total. The molecule has 0 atom stereocenters. The van der Waals surface area contributed by atoms with Crippen LogP contribution in [0.3, 0.4) is 0 Å². The highest BCUT2D eigenvalue weighted by Gasteiger charge is 2.39. The highest BCUT2D eigenvalue weighted by Crippen LogP contribution is 2.27. The molecule has 3 rings (SSSR count). The smallest absolute Gasteiger partial charge is 0.0923 e. The quantitative estimate of drug-likeness (QED) is 0.302. The van der Waals surface area contributed by atoms with Gasteiger partial charge in [-0.15, -0.1) is 0 Å². The fraction of sp³-hybridized carbons (Fsp3) is 0.259. The van der Waals surface area contributed by atoms with Gasteiger partial charge < -0.3 is 0 Å². The van der Waals surface area contributed by atoms with Crippen molar-refractivity contribution in [2.24, 2.45) is 0 Å². The van der Waals surface area contributed by atoms with Crippen molar-refractivity contribution in [3.63, 3.8) is 0 Å². The van der Waals surface area contributed by atoms with E-state index in [-0.39, 0.29) is 0 Å². The van der Waals surface area contributed by atoms with E-state index in [2.05, 4.69) is 123 Å². The lowest BCUT2D eigenvalue weighted by Gasteiger charge is -2.37. The summed E-state index contributed by atoms with van der Waals surface area (Å²) >= 11 is 0. The molecule has 3 aromatic rings. The minimum atomic E-state index is -1.73. The van der Waals surface area contributed by atoms with E-state index in [0.29, 0.717) is 0 Å². The Morgan fingerprint density at radius 1 is 0.621 bits per heavy atom. The van der Waals surface area contributed by atoms with Crippen molar-refractivity contribution in [2.75, 3.05) is 0 Å². The normalized spacial score (nSPS) is 11.9. The van der Waals surface area contributed by atoms with Gasteiger partial charge in [0.15, 0.2) is 0 Å². The molecule has 0 saturated carbocycles. The Morgan fingerprint density at radius 3 is 1.48 bits per heavy atom. The third kappa shape index (κ3) is 5.26. The molecule has 0 aromatic heterocycles. The number of hydrogen-bond acceptors (Lipinski definition) is 0. The zero-order valence-electron chi connectivity index (χ0n) is 18.4. The standard InChI is InChI=1S/C27H34Si2/c1-28(2,25-19-10-6-11-20-25)27(29(3,4)26-21-12-7-13-22-26)23-15-14-18-24-16-8-5-9-17-24/h5-13,16-17,19-23H,14-15,18H2,1-4H3. The molecule has 0 fully saturated rings. The predicted octanol–water partition coefficient (Wildman–Crippen LogP) is 6.25. The van der Waals surface area contributed by atoms with E-state index < -0.39 is 16.1 Å². The van der Waals surface area contributed by atoms with Crippen LogP contribution in [-0.4, -0.2) is 16.1 Å². The first-order valence-corrected chi connectivity index (χ1v) is 16.8. The van der Waals surface area contributed by atoms with Crippen molar-refractivity contribution in [3.8, 4) is 0 Å². The minimum absolute atomic E-state index is 1.16. The molecule has 0 amide bonds. The van der Waals surface area contributed by atoms with Gasteiger partial charge in [-0.25, -0.2) is 0 Å². The molecule has 0 nitrogen and oxygen atoms in total. The van der Waals surface area contributed by atoms with Crippen LogP contribution < -0.4 is 10.4 Å². The SMILES string of the molecule is C[Si](C)(C(=CCCCc1ccccc1)[Si](C)(C)c1ccccc1)c1ccccc1. The van der Waals surface area contributed by atoms with E-state index >= 15 is 0 Å². The van der Waals surface area contributed by atoms with Gasteiger partial charge in [-0.3, -0.25) is 0 Å². The third-order valence-electron chi connectivity index (χ3n) is 6.20. The predicted molar refractivity (Wildman–Crippen MR) is 135 cm³/mol. The Hall–Kier alpha value is -2.17. The number of unbranched alkanes of at least 4 members (excludes halogenated alkanes) is 1. The number of hydrogen-bond donors (Lipinski definition) is 0. The average Bonchev–Trinajstić information content (AvgIpc) is 2.75. The van der Waals surface area contributed by atoms with Crippen LogP contribution in [0.2, 0.25) is 26.2 Å². The topological polar surface area (TPSA) is 0 Å². The summed E-state index contributed by atoms with van der Waals surface area (Å²) in [5, 5.41) is 3.09. The van der Waals surface area contributed by atoms with Crippen LogP contribution in [0.15, 0.2) is 102 Å². The lowest BCUT2D eigenvalue weighted by molar-refractivity contribution is 0.842. The first-order chi connectivity index (χ1) is 13.9. The van der Waals surface area contributed by atoms with Crippen molar-refractivity contribution >= 4 is 26.5 Å². The average molecular weight is 415 g/mol. The van der Waals surface area contributed by atoms with Crippen LogP contribution >= 0.6 is 0 Å². The molecule has 0 aliphatic carbocycles. The lowest BCUT2D eigenvalue weighted by atomic mass is 10.1. The molecule has 2 heteroatoms. The van der Waals surface area contributed by atoms with Gasteiger partial charge in [-0.2, -0.15) is 0 Å². The molecule has 0 bridgehead atoms. The van der Waals surface area contributed by atoms with Gasteiger partial charge in [-0.1, -0.05) is 138 Å². The van der Waals surface area contributed by atoms with Gasteiger partial charge >= 0.3 is 0 Å². The van der Waals surface area contributed by atoms with Crippen LogP contribution in [0.5, 0.6) is 0 Å². The minimum Gasteiger partial charge on any atom is -0.0923 e. The summed E-state index contributed by atoms with van der Waals surface area (Å²) < 4.78 is 0. The van der Waals surface area contributed by atoms with Crippen molar-refractivity contribution in [2.45, 2.75) is 45.5 Å². The van der Waals surface area contributed by atoms with E-state index in [1.807, 2.05) is 0 Å². The van der Waals surface area contributed by atoms with Gasteiger partial charge in [0.05, 0.1) is 0 Å². The highest BCUT2D eigenvalue weighted by atomic mass is 28.4. The van der Waals surface area contributed by atoms with Crippen LogP contribution in [0.1, 0.15) is 18.4 Å². The van der Waals surface area contributed by atoms with Crippen molar-refractivity contribution < 1.29 is 0 Å². The molecule has 0 saturated heterocycles. The Bertz CT molecular complexity index is 857. The maximum absolute atomic E-state index is 2.64. The Kier molecular flexibility index (Phi) is 7.10. The number of benzene rings is 3. The second kappa shape index (κ2) is 9.56. The highest BCUT2D eigenvalue weighted by molar-refractivity contribution is 7.15. The van der Waals surface area contributed by atoms with Gasteiger partial charge in [0.25, 0.3) is 0 Å². The Morgan fingerprint density at radius 2 is 1.03 bits per heavy atom. The summed E-state index contributed by atoms with van der Waals surface area (Å²) in [5.74, 6) is 0. The molecule has 0 radical (unpaired) electrons. The van der Waals surface area contributed by atoms with Gasteiger partial charge in [-0.05, 0) is 24.8 Å². The summed E-state index contributed by atoms with van der Waals surface area (Å²) in [5.41, 5.74) is 1.45. The number of rotatable bonds is 8.